The molecule has 0 unspecified atom stereocenters. The molecule has 0 atom stereocenters. The van der Waals surface area contributed by atoms with Crippen LogP contribution in [0.25, 0.3) is 0 Å². The van der Waals surface area contributed by atoms with Gasteiger partial charge in [-0.05, 0) is 71.1 Å². The van der Waals surface area contributed by atoms with Gasteiger partial charge in [0.25, 0.3) is 5.91 Å². The Kier molecular flexibility index (Phi) is 5.76. The van der Waals surface area contributed by atoms with Gasteiger partial charge in [0.15, 0.2) is 6.61 Å². The summed E-state index contributed by atoms with van der Waals surface area (Å²) in [5.74, 6) is -0.295. The Bertz CT molecular complexity index is 653. The largest absolute Gasteiger partial charge is 0.497 e. The van der Waals surface area contributed by atoms with Crippen LogP contribution in [0.4, 0.5) is 5.69 Å². The van der Waals surface area contributed by atoms with Gasteiger partial charge in [-0.2, -0.15) is 0 Å². The molecule has 114 valence electrons. The van der Waals surface area contributed by atoms with Gasteiger partial charge in [0.05, 0.1) is 12.7 Å². The number of ether oxygens (including phenoxy) is 2. The Labute approximate surface area is 141 Å². The third-order valence-corrected chi connectivity index (χ3v) is 3.51. The van der Waals surface area contributed by atoms with E-state index < -0.39 is 5.97 Å². The molecule has 0 aromatic heterocycles. The first kappa shape index (κ1) is 16.3. The van der Waals surface area contributed by atoms with Gasteiger partial charge in [-0.1, -0.05) is 0 Å². The van der Waals surface area contributed by atoms with Crippen molar-refractivity contribution in [1.82, 2.24) is 0 Å². The first-order chi connectivity index (χ1) is 10.6. The number of amides is 1. The quantitative estimate of drug-likeness (QED) is 0.607. The lowest BCUT2D eigenvalue weighted by Crippen LogP contribution is -2.20. The summed E-state index contributed by atoms with van der Waals surface area (Å²) in [5, 5.41) is 2.65. The maximum absolute atomic E-state index is 11.8. The van der Waals surface area contributed by atoms with Gasteiger partial charge in [-0.3, -0.25) is 4.79 Å². The van der Waals surface area contributed by atoms with Gasteiger partial charge in [-0.15, -0.1) is 0 Å². The highest BCUT2D eigenvalue weighted by Crippen LogP contribution is 2.13. The monoisotopic (exact) mass is 411 g/mol. The fraction of sp³-hybridized carbons (Fsp3) is 0.125. The Morgan fingerprint density at radius 3 is 2.27 bits per heavy atom. The molecule has 1 N–H and O–H groups in total. The maximum atomic E-state index is 11.8. The summed E-state index contributed by atoms with van der Waals surface area (Å²) in [6.45, 7) is -0.336. The molecule has 2 aromatic rings. The summed E-state index contributed by atoms with van der Waals surface area (Å²) in [5.41, 5.74) is 1.02. The van der Waals surface area contributed by atoms with Crippen LogP contribution in [0.2, 0.25) is 0 Å². The Morgan fingerprint density at radius 2 is 1.68 bits per heavy atom. The lowest BCUT2D eigenvalue weighted by Gasteiger charge is -2.07. The summed E-state index contributed by atoms with van der Waals surface area (Å²) in [6, 6.07) is 13.8. The van der Waals surface area contributed by atoms with E-state index in [4.69, 9.17) is 9.47 Å². The molecule has 0 radical (unpaired) electrons. The third-order valence-electron chi connectivity index (χ3n) is 2.79. The molecule has 2 aromatic carbocycles. The number of halogens is 1. The van der Waals surface area contributed by atoms with Crippen molar-refractivity contribution in [2.75, 3.05) is 19.0 Å². The van der Waals surface area contributed by atoms with Gasteiger partial charge in [0.1, 0.15) is 5.75 Å². The van der Waals surface area contributed by atoms with Crippen LogP contribution in [0.15, 0.2) is 48.5 Å². The molecule has 0 saturated heterocycles. The van der Waals surface area contributed by atoms with Crippen molar-refractivity contribution in [2.45, 2.75) is 0 Å². The summed E-state index contributed by atoms with van der Waals surface area (Å²) in [7, 11) is 1.54. The highest BCUT2D eigenvalue weighted by atomic mass is 127. The number of benzene rings is 2. The Morgan fingerprint density at radius 1 is 1.05 bits per heavy atom. The van der Waals surface area contributed by atoms with Crippen molar-refractivity contribution in [2.24, 2.45) is 0 Å². The molecule has 0 aliphatic heterocycles. The van der Waals surface area contributed by atoms with E-state index in [0.717, 1.165) is 3.57 Å². The SMILES string of the molecule is COc1ccc(C(=O)OCC(=O)Nc2ccc(I)cc2)cc1. The van der Waals surface area contributed by atoms with Crippen molar-refractivity contribution >= 4 is 40.2 Å². The number of rotatable bonds is 5. The van der Waals surface area contributed by atoms with Crippen molar-refractivity contribution in [1.29, 1.82) is 0 Å². The molecule has 5 nitrogen and oxygen atoms in total. The summed E-state index contributed by atoms with van der Waals surface area (Å²) in [6.07, 6.45) is 0. The van der Waals surface area contributed by atoms with Crippen molar-refractivity contribution in [3.8, 4) is 5.75 Å². The smallest absolute Gasteiger partial charge is 0.338 e. The fourth-order valence-corrected chi connectivity index (χ4v) is 2.03. The van der Waals surface area contributed by atoms with Crippen LogP contribution in [0, 0.1) is 3.57 Å². The zero-order chi connectivity index (χ0) is 15.9. The predicted molar refractivity (Wildman–Crippen MR) is 91.1 cm³/mol. The number of nitrogens with one attached hydrogen (secondary N) is 1. The van der Waals surface area contributed by atoms with Gasteiger partial charge in [0, 0.05) is 9.26 Å². The molecule has 0 aliphatic rings. The topological polar surface area (TPSA) is 64.6 Å². The number of anilines is 1. The van der Waals surface area contributed by atoms with E-state index in [2.05, 4.69) is 27.9 Å². The van der Waals surface area contributed by atoms with E-state index in [1.807, 2.05) is 12.1 Å². The average molecular weight is 411 g/mol. The normalized spacial score (nSPS) is 9.91. The second-order valence-electron chi connectivity index (χ2n) is 4.36. The number of methoxy groups -OCH3 is 1. The molecule has 2 rings (SSSR count). The zero-order valence-corrected chi connectivity index (χ0v) is 14.0. The third kappa shape index (κ3) is 4.73. The number of carbonyl (C=O) groups is 2. The minimum atomic E-state index is -0.555. The molecule has 0 bridgehead atoms. The molecule has 0 aliphatic carbocycles. The second-order valence-corrected chi connectivity index (χ2v) is 5.61. The van der Waals surface area contributed by atoms with Gasteiger partial charge in [-0.25, -0.2) is 4.79 Å². The van der Waals surface area contributed by atoms with Crippen LogP contribution in [-0.2, 0) is 9.53 Å². The number of hydrogen-bond acceptors (Lipinski definition) is 4. The molecule has 0 spiro atoms. The van der Waals surface area contributed by atoms with Crippen LogP contribution in [-0.4, -0.2) is 25.6 Å². The predicted octanol–water partition coefficient (Wildman–Crippen LogP) is 3.10. The van der Waals surface area contributed by atoms with E-state index in [1.165, 1.54) is 0 Å². The van der Waals surface area contributed by atoms with Crippen molar-refractivity contribution in [3.63, 3.8) is 0 Å². The van der Waals surface area contributed by atoms with E-state index >= 15 is 0 Å². The second kappa shape index (κ2) is 7.79. The number of carbonyl (C=O) groups excluding carboxylic acids is 2. The standard InChI is InChI=1S/C16H14INO4/c1-21-14-8-2-11(3-9-14)16(20)22-10-15(19)18-13-6-4-12(17)5-7-13/h2-9H,10H2,1H3,(H,18,19). The first-order valence-corrected chi connectivity index (χ1v) is 7.53. The fourth-order valence-electron chi connectivity index (χ4n) is 1.67. The number of esters is 1. The van der Waals surface area contributed by atoms with Crippen LogP contribution in [0.1, 0.15) is 10.4 Å². The Balaban J connectivity index is 1.84. The summed E-state index contributed by atoms with van der Waals surface area (Å²) < 4.78 is 11.0. The van der Waals surface area contributed by atoms with Crippen molar-refractivity contribution < 1.29 is 19.1 Å². The van der Waals surface area contributed by atoms with Crippen LogP contribution in [0.3, 0.4) is 0 Å². The highest BCUT2D eigenvalue weighted by Gasteiger charge is 2.10. The maximum Gasteiger partial charge on any atom is 0.338 e. The Hall–Kier alpha value is -2.09. The van der Waals surface area contributed by atoms with Crippen LogP contribution in [0.5, 0.6) is 5.75 Å². The molecular formula is C16H14INO4. The lowest BCUT2D eigenvalue weighted by molar-refractivity contribution is -0.119. The minimum Gasteiger partial charge on any atom is -0.497 e. The van der Waals surface area contributed by atoms with Gasteiger partial charge in [0.2, 0.25) is 0 Å². The van der Waals surface area contributed by atoms with Crippen LogP contribution < -0.4 is 10.1 Å². The van der Waals surface area contributed by atoms with Crippen molar-refractivity contribution in [3.05, 3.63) is 57.7 Å². The van der Waals surface area contributed by atoms with Gasteiger partial charge < -0.3 is 14.8 Å². The molecule has 6 heteroatoms. The lowest BCUT2D eigenvalue weighted by atomic mass is 10.2. The average Bonchev–Trinajstić information content (AvgIpc) is 2.55. The number of hydrogen-bond donors (Lipinski definition) is 1. The zero-order valence-electron chi connectivity index (χ0n) is 11.8. The molecular weight excluding hydrogens is 397 g/mol. The van der Waals surface area contributed by atoms with Gasteiger partial charge >= 0.3 is 5.97 Å². The first-order valence-electron chi connectivity index (χ1n) is 6.45. The van der Waals surface area contributed by atoms with E-state index in [1.54, 1.807) is 43.5 Å². The van der Waals surface area contributed by atoms with E-state index in [0.29, 0.717) is 17.0 Å². The molecule has 0 heterocycles. The molecule has 0 fully saturated rings. The molecule has 1 amide bonds. The molecule has 0 saturated carbocycles. The molecule has 22 heavy (non-hydrogen) atoms. The van der Waals surface area contributed by atoms with E-state index in [-0.39, 0.29) is 12.5 Å². The minimum absolute atomic E-state index is 0.336. The summed E-state index contributed by atoms with van der Waals surface area (Å²) >= 11 is 2.18. The highest BCUT2D eigenvalue weighted by molar-refractivity contribution is 14.1. The summed E-state index contributed by atoms with van der Waals surface area (Å²) in [4.78, 5) is 23.5. The van der Waals surface area contributed by atoms with Crippen LogP contribution >= 0.6 is 22.6 Å². The van der Waals surface area contributed by atoms with E-state index in [9.17, 15) is 9.59 Å².